The summed E-state index contributed by atoms with van der Waals surface area (Å²) in [5, 5.41) is 6.10. The van der Waals surface area contributed by atoms with E-state index in [-0.39, 0.29) is 11.8 Å². The summed E-state index contributed by atoms with van der Waals surface area (Å²) in [5.41, 5.74) is 2.82. The zero-order valence-corrected chi connectivity index (χ0v) is 13.2. The minimum atomic E-state index is -0.302. The smallest absolute Gasteiger partial charge is 0.259 e. The summed E-state index contributed by atoms with van der Waals surface area (Å²) >= 11 is 5.95. The summed E-state index contributed by atoms with van der Waals surface area (Å²) in [5.74, 6) is 0.166. The van der Waals surface area contributed by atoms with Crippen LogP contribution in [0.15, 0.2) is 36.4 Å². The van der Waals surface area contributed by atoms with Crippen molar-refractivity contribution in [1.29, 1.82) is 0 Å². The van der Waals surface area contributed by atoms with Crippen molar-refractivity contribution < 1.29 is 14.3 Å². The van der Waals surface area contributed by atoms with Crippen LogP contribution in [-0.4, -0.2) is 18.9 Å². The lowest BCUT2D eigenvalue weighted by Crippen LogP contribution is -2.19. The number of halogens is 1. The topological polar surface area (TPSA) is 67.4 Å². The van der Waals surface area contributed by atoms with Crippen molar-refractivity contribution in [2.24, 2.45) is 0 Å². The fourth-order valence-electron chi connectivity index (χ4n) is 2.52. The fraction of sp³-hybridized carbons (Fsp3) is 0.176. The molecule has 0 saturated carbocycles. The molecule has 118 valence electrons. The SMILES string of the molecule is COc1ccc(Cl)cc1C(=O)Nc1ccc2c(c1)CCC(=O)N2. The van der Waals surface area contributed by atoms with Crippen molar-refractivity contribution in [1.82, 2.24) is 0 Å². The number of methoxy groups -OCH3 is 1. The van der Waals surface area contributed by atoms with Gasteiger partial charge in [-0.1, -0.05) is 11.6 Å². The van der Waals surface area contributed by atoms with Crippen LogP contribution in [0.2, 0.25) is 5.02 Å². The first kappa shape index (κ1) is 15.4. The molecular formula is C17H15ClN2O3. The number of hydrogen-bond donors (Lipinski definition) is 2. The monoisotopic (exact) mass is 330 g/mol. The second-order valence-corrected chi connectivity index (χ2v) is 5.66. The van der Waals surface area contributed by atoms with Gasteiger partial charge in [-0.25, -0.2) is 0 Å². The Labute approximate surface area is 138 Å². The highest BCUT2D eigenvalue weighted by Gasteiger charge is 2.17. The summed E-state index contributed by atoms with van der Waals surface area (Å²) in [6, 6.07) is 10.3. The fourth-order valence-corrected chi connectivity index (χ4v) is 2.69. The number of hydrogen-bond acceptors (Lipinski definition) is 3. The minimum absolute atomic E-state index is 0.0120. The van der Waals surface area contributed by atoms with Crippen molar-refractivity contribution in [3.63, 3.8) is 0 Å². The van der Waals surface area contributed by atoms with Gasteiger partial charge in [0.2, 0.25) is 5.91 Å². The van der Waals surface area contributed by atoms with Crippen LogP contribution < -0.4 is 15.4 Å². The van der Waals surface area contributed by atoms with E-state index in [0.717, 1.165) is 11.3 Å². The first-order valence-electron chi connectivity index (χ1n) is 7.14. The molecule has 2 N–H and O–H groups in total. The normalized spacial score (nSPS) is 13.0. The van der Waals surface area contributed by atoms with Gasteiger partial charge in [0.25, 0.3) is 5.91 Å². The molecule has 1 aliphatic rings. The highest BCUT2D eigenvalue weighted by Crippen LogP contribution is 2.27. The molecule has 0 radical (unpaired) electrons. The molecule has 0 fully saturated rings. The highest BCUT2D eigenvalue weighted by atomic mass is 35.5. The van der Waals surface area contributed by atoms with E-state index in [2.05, 4.69) is 10.6 Å². The van der Waals surface area contributed by atoms with Crippen molar-refractivity contribution in [3.8, 4) is 5.75 Å². The van der Waals surface area contributed by atoms with E-state index in [1.165, 1.54) is 7.11 Å². The minimum Gasteiger partial charge on any atom is -0.496 e. The second kappa shape index (κ2) is 6.30. The molecule has 2 amide bonds. The molecule has 5 nitrogen and oxygen atoms in total. The zero-order chi connectivity index (χ0) is 16.4. The van der Waals surface area contributed by atoms with Gasteiger partial charge in [0.1, 0.15) is 5.75 Å². The first-order chi connectivity index (χ1) is 11.1. The molecule has 2 aromatic rings. The average molecular weight is 331 g/mol. The Bertz CT molecular complexity index is 789. The Kier molecular flexibility index (Phi) is 4.21. The number of carbonyl (C=O) groups excluding carboxylic acids is 2. The number of anilines is 2. The van der Waals surface area contributed by atoms with Crippen LogP contribution in [0.4, 0.5) is 11.4 Å². The van der Waals surface area contributed by atoms with Crippen LogP contribution in [0.3, 0.4) is 0 Å². The number of nitrogens with one attached hydrogen (secondary N) is 2. The van der Waals surface area contributed by atoms with Gasteiger partial charge in [-0.3, -0.25) is 9.59 Å². The van der Waals surface area contributed by atoms with E-state index in [1.54, 1.807) is 30.3 Å². The Morgan fingerprint density at radius 1 is 1.22 bits per heavy atom. The molecule has 6 heteroatoms. The van der Waals surface area contributed by atoms with E-state index < -0.39 is 0 Å². The van der Waals surface area contributed by atoms with Crippen LogP contribution in [0.5, 0.6) is 5.75 Å². The van der Waals surface area contributed by atoms with Gasteiger partial charge in [0.15, 0.2) is 0 Å². The molecule has 0 atom stereocenters. The van der Waals surface area contributed by atoms with Crippen molar-refractivity contribution >= 4 is 34.8 Å². The van der Waals surface area contributed by atoms with Gasteiger partial charge in [-0.2, -0.15) is 0 Å². The van der Waals surface area contributed by atoms with Crippen LogP contribution in [-0.2, 0) is 11.2 Å². The molecule has 0 spiro atoms. The quantitative estimate of drug-likeness (QED) is 0.905. The van der Waals surface area contributed by atoms with Crippen molar-refractivity contribution in [3.05, 3.63) is 52.5 Å². The average Bonchev–Trinajstić information content (AvgIpc) is 2.55. The van der Waals surface area contributed by atoms with Gasteiger partial charge < -0.3 is 15.4 Å². The van der Waals surface area contributed by atoms with Gasteiger partial charge >= 0.3 is 0 Å². The maximum absolute atomic E-state index is 12.4. The molecule has 2 aromatic carbocycles. The lowest BCUT2D eigenvalue weighted by atomic mass is 10.0. The molecule has 0 aromatic heterocycles. The molecule has 3 rings (SSSR count). The van der Waals surface area contributed by atoms with E-state index in [9.17, 15) is 9.59 Å². The number of fused-ring (bicyclic) bond motifs is 1. The largest absolute Gasteiger partial charge is 0.496 e. The molecule has 0 saturated heterocycles. The molecule has 0 bridgehead atoms. The van der Waals surface area contributed by atoms with Crippen molar-refractivity contribution in [2.45, 2.75) is 12.8 Å². The lowest BCUT2D eigenvalue weighted by molar-refractivity contribution is -0.116. The third-order valence-corrected chi connectivity index (χ3v) is 3.90. The summed E-state index contributed by atoms with van der Waals surface area (Å²) in [7, 11) is 1.50. The lowest BCUT2D eigenvalue weighted by Gasteiger charge is -2.18. The Morgan fingerprint density at radius 3 is 2.83 bits per heavy atom. The number of carbonyl (C=O) groups is 2. The number of amides is 2. The predicted molar refractivity (Wildman–Crippen MR) is 89.3 cm³/mol. The summed E-state index contributed by atoms with van der Waals surface area (Å²) in [4.78, 5) is 23.8. The van der Waals surface area contributed by atoms with Crippen LogP contribution >= 0.6 is 11.6 Å². The van der Waals surface area contributed by atoms with Crippen LogP contribution in [0, 0.1) is 0 Å². The zero-order valence-electron chi connectivity index (χ0n) is 12.5. The standard InChI is InChI=1S/C17H15ClN2O3/c1-23-15-6-3-11(18)9-13(15)17(22)19-12-4-5-14-10(8-12)2-7-16(21)20-14/h3-6,8-9H,2,7H2,1H3,(H,19,22)(H,20,21). The molecule has 0 aliphatic carbocycles. The maximum atomic E-state index is 12.4. The molecule has 1 aliphatic heterocycles. The number of aryl methyl sites for hydroxylation is 1. The summed E-state index contributed by atoms with van der Waals surface area (Å²) in [6.07, 6.45) is 1.11. The van der Waals surface area contributed by atoms with Crippen LogP contribution in [0.25, 0.3) is 0 Å². The van der Waals surface area contributed by atoms with Crippen LogP contribution in [0.1, 0.15) is 22.3 Å². The van der Waals surface area contributed by atoms with E-state index in [0.29, 0.717) is 34.9 Å². The number of benzene rings is 2. The van der Waals surface area contributed by atoms with E-state index in [4.69, 9.17) is 16.3 Å². The van der Waals surface area contributed by atoms with E-state index >= 15 is 0 Å². The molecule has 0 unspecified atom stereocenters. The third-order valence-electron chi connectivity index (χ3n) is 3.66. The number of ether oxygens (including phenoxy) is 1. The van der Waals surface area contributed by atoms with E-state index in [1.807, 2.05) is 6.07 Å². The third kappa shape index (κ3) is 3.29. The molecule has 23 heavy (non-hydrogen) atoms. The molecule has 1 heterocycles. The summed E-state index contributed by atoms with van der Waals surface area (Å²) in [6.45, 7) is 0. The Balaban J connectivity index is 1.83. The van der Waals surface area contributed by atoms with Crippen molar-refractivity contribution in [2.75, 3.05) is 17.7 Å². The van der Waals surface area contributed by atoms with Gasteiger partial charge in [0.05, 0.1) is 12.7 Å². The number of rotatable bonds is 3. The predicted octanol–water partition coefficient (Wildman–Crippen LogP) is 3.49. The molecular weight excluding hydrogens is 316 g/mol. The van der Waals surface area contributed by atoms with Gasteiger partial charge in [0, 0.05) is 22.8 Å². The Hall–Kier alpha value is -2.53. The second-order valence-electron chi connectivity index (χ2n) is 5.22. The van der Waals surface area contributed by atoms with Gasteiger partial charge in [-0.05, 0) is 48.4 Å². The maximum Gasteiger partial charge on any atom is 0.259 e. The highest BCUT2D eigenvalue weighted by molar-refractivity contribution is 6.31. The van der Waals surface area contributed by atoms with Gasteiger partial charge in [-0.15, -0.1) is 0 Å². The Morgan fingerprint density at radius 2 is 2.04 bits per heavy atom. The summed E-state index contributed by atoms with van der Waals surface area (Å²) < 4.78 is 5.19. The first-order valence-corrected chi connectivity index (χ1v) is 7.52.